The first-order valence-electron chi connectivity index (χ1n) is 8.62. The molecular weight excluding hydrogens is 290 g/mol. The highest BCUT2D eigenvalue weighted by Gasteiger charge is 2.40. The molecule has 2 fully saturated rings. The summed E-state index contributed by atoms with van der Waals surface area (Å²) in [6.07, 6.45) is 6.29. The summed E-state index contributed by atoms with van der Waals surface area (Å²) in [7, 11) is 1.64. The lowest BCUT2D eigenvalue weighted by Gasteiger charge is -2.49. The Morgan fingerprint density at radius 2 is 2.00 bits per heavy atom. The predicted molar refractivity (Wildman–Crippen MR) is 91.9 cm³/mol. The van der Waals surface area contributed by atoms with Gasteiger partial charge in [0.05, 0.1) is 13.7 Å². The van der Waals surface area contributed by atoms with Crippen molar-refractivity contribution < 1.29 is 9.53 Å². The predicted octanol–water partition coefficient (Wildman–Crippen LogP) is 2.24. The van der Waals surface area contributed by atoms with E-state index in [2.05, 4.69) is 15.5 Å². The average Bonchev–Trinajstić information content (AvgIpc) is 2.59. The number of piperazine rings is 1. The summed E-state index contributed by atoms with van der Waals surface area (Å²) in [6, 6.07) is 7.49. The normalized spacial score (nSPS) is 21.1. The molecule has 1 aromatic rings. The van der Waals surface area contributed by atoms with Crippen molar-refractivity contribution in [2.75, 3.05) is 38.6 Å². The highest BCUT2D eigenvalue weighted by Crippen LogP contribution is 2.34. The van der Waals surface area contributed by atoms with E-state index in [1.165, 1.54) is 32.1 Å². The van der Waals surface area contributed by atoms with Gasteiger partial charge in [0, 0.05) is 30.9 Å². The van der Waals surface area contributed by atoms with Gasteiger partial charge < -0.3 is 15.4 Å². The molecule has 1 aliphatic carbocycles. The topological polar surface area (TPSA) is 53.6 Å². The van der Waals surface area contributed by atoms with Gasteiger partial charge in [-0.2, -0.15) is 0 Å². The maximum absolute atomic E-state index is 12.5. The molecule has 1 aromatic carbocycles. The van der Waals surface area contributed by atoms with E-state index in [1.54, 1.807) is 7.11 Å². The molecule has 2 aliphatic rings. The van der Waals surface area contributed by atoms with Crippen LogP contribution < -0.4 is 15.4 Å². The number of amides is 1. The second-order valence-electron chi connectivity index (χ2n) is 6.66. The number of hydrogen-bond donors (Lipinski definition) is 2. The zero-order valence-electron chi connectivity index (χ0n) is 13.9. The van der Waals surface area contributed by atoms with Gasteiger partial charge in [-0.05, 0) is 37.1 Å². The lowest BCUT2D eigenvalue weighted by molar-refractivity contribution is -0.120. The Balaban J connectivity index is 1.60. The number of carbonyl (C=O) groups is 1. The third kappa shape index (κ3) is 3.85. The SMILES string of the molecule is COc1ccc(NC(=O)CN2CCNCC23CCCCC3)cc1. The molecule has 0 aromatic heterocycles. The monoisotopic (exact) mass is 317 g/mol. The van der Waals surface area contributed by atoms with Gasteiger partial charge in [-0.1, -0.05) is 19.3 Å². The van der Waals surface area contributed by atoms with Crippen LogP contribution in [0.15, 0.2) is 24.3 Å². The molecule has 2 N–H and O–H groups in total. The van der Waals surface area contributed by atoms with Crippen LogP contribution in [-0.2, 0) is 4.79 Å². The number of rotatable bonds is 4. The largest absolute Gasteiger partial charge is 0.497 e. The van der Waals surface area contributed by atoms with Crippen molar-refractivity contribution in [3.05, 3.63) is 24.3 Å². The zero-order valence-corrected chi connectivity index (χ0v) is 13.9. The quantitative estimate of drug-likeness (QED) is 0.894. The summed E-state index contributed by atoms with van der Waals surface area (Å²) >= 11 is 0. The molecule has 0 bridgehead atoms. The number of carbonyl (C=O) groups excluding carboxylic acids is 1. The molecule has 1 saturated carbocycles. The van der Waals surface area contributed by atoms with Crippen LogP contribution in [0.1, 0.15) is 32.1 Å². The summed E-state index contributed by atoms with van der Waals surface area (Å²) in [5.74, 6) is 0.869. The van der Waals surface area contributed by atoms with Crippen LogP contribution in [0.4, 0.5) is 5.69 Å². The number of benzene rings is 1. The molecule has 1 amide bonds. The van der Waals surface area contributed by atoms with Crippen molar-refractivity contribution in [1.29, 1.82) is 0 Å². The molecule has 1 spiro atoms. The number of methoxy groups -OCH3 is 1. The summed E-state index contributed by atoms with van der Waals surface area (Å²) < 4.78 is 5.14. The highest BCUT2D eigenvalue weighted by molar-refractivity contribution is 5.92. The van der Waals surface area contributed by atoms with E-state index in [0.717, 1.165) is 31.1 Å². The van der Waals surface area contributed by atoms with E-state index in [-0.39, 0.29) is 11.4 Å². The number of nitrogens with one attached hydrogen (secondary N) is 2. The maximum Gasteiger partial charge on any atom is 0.238 e. The van der Waals surface area contributed by atoms with E-state index in [9.17, 15) is 4.79 Å². The molecule has 5 heteroatoms. The van der Waals surface area contributed by atoms with Crippen molar-refractivity contribution in [3.63, 3.8) is 0 Å². The van der Waals surface area contributed by atoms with E-state index in [1.807, 2.05) is 24.3 Å². The first kappa shape index (κ1) is 16.3. The first-order chi connectivity index (χ1) is 11.2. The average molecular weight is 317 g/mol. The number of nitrogens with zero attached hydrogens (tertiary/aromatic N) is 1. The Morgan fingerprint density at radius 1 is 1.26 bits per heavy atom. The molecule has 0 radical (unpaired) electrons. The molecule has 0 atom stereocenters. The van der Waals surface area contributed by atoms with Crippen LogP contribution in [0.5, 0.6) is 5.75 Å². The zero-order chi connectivity index (χ0) is 16.1. The van der Waals surface area contributed by atoms with Gasteiger partial charge in [-0.3, -0.25) is 9.69 Å². The van der Waals surface area contributed by atoms with E-state index in [4.69, 9.17) is 4.74 Å². The number of ether oxygens (including phenoxy) is 1. The molecular formula is C18H27N3O2. The molecule has 126 valence electrons. The molecule has 1 heterocycles. The van der Waals surface area contributed by atoms with Crippen LogP contribution in [0.2, 0.25) is 0 Å². The van der Waals surface area contributed by atoms with E-state index < -0.39 is 0 Å². The Morgan fingerprint density at radius 3 is 2.70 bits per heavy atom. The van der Waals surface area contributed by atoms with Crippen molar-refractivity contribution in [2.45, 2.75) is 37.6 Å². The fourth-order valence-corrected chi connectivity index (χ4v) is 3.88. The Kier molecular flexibility index (Phi) is 5.18. The Labute approximate surface area is 138 Å². The summed E-state index contributed by atoms with van der Waals surface area (Å²) in [4.78, 5) is 14.9. The van der Waals surface area contributed by atoms with Crippen LogP contribution in [-0.4, -0.2) is 49.6 Å². The lowest BCUT2D eigenvalue weighted by Crippen LogP contribution is -2.63. The Bertz CT molecular complexity index is 515. The molecule has 1 saturated heterocycles. The molecule has 3 rings (SSSR count). The van der Waals surface area contributed by atoms with Crippen LogP contribution in [0, 0.1) is 0 Å². The smallest absolute Gasteiger partial charge is 0.238 e. The van der Waals surface area contributed by atoms with Crippen molar-refractivity contribution in [3.8, 4) is 5.75 Å². The number of anilines is 1. The van der Waals surface area contributed by atoms with Gasteiger partial charge in [0.25, 0.3) is 0 Å². The second kappa shape index (κ2) is 7.32. The lowest BCUT2D eigenvalue weighted by atomic mass is 9.79. The van der Waals surface area contributed by atoms with Gasteiger partial charge in [-0.25, -0.2) is 0 Å². The third-order valence-corrected chi connectivity index (χ3v) is 5.18. The van der Waals surface area contributed by atoms with E-state index in [0.29, 0.717) is 6.54 Å². The Hall–Kier alpha value is -1.59. The van der Waals surface area contributed by atoms with Gasteiger partial charge >= 0.3 is 0 Å². The second-order valence-corrected chi connectivity index (χ2v) is 6.66. The van der Waals surface area contributed by atoms with Gasteiger partial charge in [0.15, 0.2) is 0 Å². The summed E-state index contributed by atoms with van der Waals surface area (Å²) in [6.45, 7) is 3.42. The molecule has 23 heavy (non-hydrogen) atoms. The minimum Gasteiger partial charge on any atom is -0.497 e. The molecule has 1 aliphatic heterocycles. The summed E-state index contributed by atoms with van der Waals surface area (Å²) in [5.41, 5.74) is 1.01. The highest BCUT2D eigenvalue weighted by atomic mass is 16.5. The molecule has 5 nitrogen and oxygen atoms in total. The van der Waals surface area contributed by atoms with Gasteiger partial charge in [-0.15, -0.1) is 0 Å². The van der Waals surface area contributed by atoms with Crippen molar-refractivity contribution >= 4 is 11.6 Å². The standard InChI is InChI=1S/C18H27N3O2/c1-23-16-7-5-15(6-8-16)20-17(22)13-21-12-11-19-14-18(21)9-3-2-4-10-18/h5-8,19H,2-4,9-14H2,1H3,(H,20,22). The van der Waals surface area contributed by atoms with E-state index >= 15 is 0 Å². The van der Waals surface area contributed by atoms with Crippen LogP contribution in [0.3, 0.4) is 0 Å². The first-order valence-corrected chi connectivity index (χ1v) is 8.62. The number of hydrogen-bond acceptors (Lipinski definition) is 4. The minimum absolute atomic E-state index is 0.0713. The molecule has 0 unspecified atom stereocenters. The van der Waals surface area contributed by atoms with Crippen molar-refractivity contribution in [1.82, 2.24) is 10.2 Å². The minimum atomic E-state index is 0.0713. The van der Waals surface area contributed by atoms with Gasteiger partial charge in [0.1, 0.15) is 5.75 Å². The van der Waals surface area contributed by atoms with Crippen LogP contribution in [0.25, 0.3) is 0 Å². The fraction of sp³-hybridized carbons (Fsp3) is 0.611. The maximum atomic E-state index is 12.5. The van der Waals surface area contributed by atoms with Crippen molar-refractivity contribution in [2.24, 2.45) is 0 Å². The van der Waals surface area contributed by atoms with Crippen LogP contribution >= 0.6 is 0 Å². The fourth-order valence-electron chi connectivity index (χ4n) is 3.88. The third-order valence-electron chi connectivity index (χ3n) is 5.18. The summed E-state index contributed by atoms with van der Waals surface area (Å²) in [5, 5.41) is 6.53. The van der Waals surface area contributed by atoms with Gasteiger partial charge in [0.2, 0.25) is 5.91 Å².